The zero-order valence-corrected chi connectivity index (χ0v) is 31.5. The molecule has 0 aliphatic rings. The first kappa shape index (κ1) is 35.1. The minimum atomic E-state index is 0.342. The van der Waals surface area contributed by atoms with Gasteiger partial charge in [0.05, 0.1) is 86.8 Å². The summed E-state index contributed by atoms with van der Waals surface area (Å²) < 4.78 is 4.05. The van der Waals surface area contributed by atoms with Crippen LogP contribution in [0.15, 0.2) is 152 Å². The second-order valence-corrected chi connectivity index (χ2v) is 14.2. The van der Waals surface area contributed by atoms with Gasteiger partial charge in [-0.05, 0) is 89.6 Å². The van der Waals surface area contributed by atoms with E-state index in [4.69, 9.17) is 23.1 Å². The molecule has 60 heavy (non-hydrogen) atoms. The Balaban J connectivity index is 1.37. The van der Waals surface area contributed by atoms with Gasteiger partial charge < -0.3 is 9.13 Å². The van der Waals surface area contributed by atoms with Crippen LogP contribution in [0.4, 0.5) is 11.4 Å². The Morgan fingerprint density at radius 2 is 0.900 bits per heavy atom. The average Bonchev–Trinajstić information content (AvgIpc) is 3.82. The van der Waals surface area contributed by atoms with E-state index in [1.165, 1.54) is 0 Å². The van der Waals surface area contributed by atoms with Crippen LogP contribution in [-0.4, -0.2) is 19.1 Å². The van der Waals surface area contributed by atoms with Crippen molar-refractivity contribution in [3.8, 4) is 63.5 Å². The molecule has 9 heteroatoms. The van der Waals surface area contributed by atoms with E-state index in [0.717, 1.165) is 54.7 Å². The molecule has 274 valence electrons. The van der Waals surface area contributed by atoms with Crippen LogP contribution in [0.3, 0.4) is 0 Å². The Morgan fingerprint density at radius 1 is 0.450 bits per heavy atom. The summed E-state index contributed by atoms with van der Waals surface area (Å²) in [6, 6.07) is 54.4. The fourth-order valence-corrected chi connectivity index (χ4v) is 8.12. The van der Waals surface area contributed by atoms with E-state index >= 15 is 0 Å². The van der Waals surface area contributed by atoms with Gasteiger partial charge in [-0.25, -0.2) is 19.7 Å². The van der Waals surface area contributed by atoms with Crippen molar-refractivity contribution in [2.45, 2.75) is 0 Å². The van der Waals surface area contributed by atoms with E-state index in [9.17, 15) is 15.8 Å². The van der Waals surface area contributed by atoms with E-state index < -0.39 is 0 Å². The number of rotatable bonds is 5. The van der Waals surface area contributed by atoms with Crippen LogP contribution in [0, 0.1) is 47.1 Å². The lowest BCUT2D eigenvalue weighted by Crippen LogP contribution is -2.06. The summed E-state index contributed by atoms with van der Waals surface area (Å²) in [7, 11) is 0. The van der Waals surface area contributed by atoms with Gasteiger partial charge >= 0.3 is 0 Å². The molecule has 10 rings (SSSR count). The Hall–Kier alpha value is -9.33. The third-order valence-corrected chi connectivity index (χ3v) is 10.8. The fourth-order valence-electron chi connectivity index (χ4n) is 8.12. The first-order chi connectivity index (χ1) is 29.5. The molecule has 0 spiro atoms. The first-order valence-corrected chi connectivity index (χ1v) is 18.8. The van der Waals surface area contributed by atoms with Gasteiger partial charge in [-0.15, -0.1) is 0 Å². The van der Waals surface area contributed by atoms with Crippen LogP contribution in [0.1, 0.15) is 16.7 Å². The van der Waals surface area contributed by atoms with Gasteiger partial charge in [-0.2, -0.15) is 15.8 Å². The maximum absolute atomic E-state index is 11.1. The van der Waals surface area contributed by atoms with E-state index in [-0.39, 0.29) is 0 Å². The molecule has 0 amide bonds. The number of fused-ring (bicyclic) bond motifs is 6. The molecule has 0 radical (unpaired) electrons. The van der Waals surface area contributed by atoms with Crippen molar-refractivity contribution in [3.63, 3.8) is 0 Å². The molecule has 0 N–H and O–H groups in total. The normalized spacial score (nSPS) is 10.9. The topological polar surface area (TPSA) is 116 Å². The van der Waals surface area contributed by atoms with Crippen molar-refractivity contribution in [3.05, 3.63) is 191 Å². The number of aromatic nitrogens is 4. The van der Waals surface area contributed by atoms with Gasteiger partial charge in [-0.1, -0.05) is 72.8 Å². The van der Waals surface area contributed by atoms with Crippen LogP contribution in [0.5, 0.6) is 0 Å². The van der Waals surface area contributed by atoms with Crippen LogP contribution in [-0.2, 0) is 0 Å². The molecule has 0 bridgehead atoms. The van der Waals surface area contributed by atoms with Crippen LogP contribution in [0.25, 0.3) is 98.6 Å². The lowest BCUT2D eigenvalue weighted by molar-refractivity contribution is 1.11. The highest BCUT2D eigenvalue weighted by Crippen LogP contribution is 2.42. The molecule has 3 aromatic heterocycles. The molecule has 0 unspecified atom stereocenters. The molecular weight excluding hydrogens is 739 g/mol. The van der Waals surface area contributed by atoms with Crippen LogP contribution < -0.4 is 0 Å². The van der Waals surface area contributed by atoms with Gasteiger partial charge in [0, 0.05) is 27.5 Å². The summed E-state index contributed by atoms with van der Waals surface area (Å²) in [4.78, 5) is 18.0. The number of nitriles is 3. The van der Waals surface area contributed by atoms with Crippen molar-refractivity contribution in [1.29, 1.82) is 15.8 Å². The quantitative estimate of drug-likeness (QED) is 0.162. The van der Waals surface area contributed by atoms with E-state index in [1.807, 2.05) is 132 Å². The Bertz CT molecular complexity index is 3450. The smallest absolute Gasteiger partial charge is 0.188 e. The van der Waals surface area contributed by atoms with Crippen molar-refractivity contribution in [2.24, 2.45) is 0 Å². The minimum absolute atomic E-state index is 0.342. The summed E-state index contributed by atoms with van der Waals surface area (Å²) in [5, 5.41) is 34.0. The minimum Gasteiger partial charge on any atom is -0.309 e. The lowest BCUT2D eigenvalue weighted by Gasteiger charge is -2.19. The Morgan fingerprint density at radius 3 is 1.35 bits per heavy atom. The number of hydrogen-bond donors (Lipinski definition) is 0. The third kappa shape index (κ3) is 5.59. The van der Waals surface area contributed by atoms with Crippen LogP contribution >= 0.6 is 0 Å². The molecule has 7 aromatic carbocycles. The van der Waals surface area contributed by atoms with Crippen molar-refractivity contribution in [1.82, 2.24) is 19.1 Å². The van der Waals surface area contributed by atoms with Gasteiger partial charge in [0.15, 0.2) is 17.2 Å². The predicted molar refractivity (Wildman–Crippen MR) is 234 cm³/mol. The molecule has 0 saturated carbocycles. The maximum atomic E-state index is 11.1. The van der Waals surface area contributed by atoms with Gasteiger partial charge in [-0.3, -0.25) is 0 Å². The van der Waals surface area contributed by atoms with E-state index in [1.54, 1.807) is 24.3 Å². The molecule has 0 atom stereocenters. The average molecular weight is 764 g/mol. The number of hydrogen-bond acceptors (Lipinski definition) is 5. The second-order valence-electron chi connectivity index (χ2n) is 14.2. The molecule has 0 saturated heterocycles. The van der Waals surface area contributed by atoms with Crippen LogP contribution in [0.2, 0.25) is 0 Å². The number of nitrogens with zero attached hydrogens (tertiary/aromatic N) is 9. The Labute approximate surface area is 343 Å². The predicted octanol–water partition coefficient (Wildman–Crippen LogP) is 12.4. The highest BCUT2D eigenvalue weighted by molar-refractivity contribution is 6.13. The van der Waals surface area contributed by atoms with E-state index in [0.29, 0.717) is 62.2 Å². The summed E-state index contributed by atoms with van der Waals surface area (Å²) in [6.07, 6.45) is 0. The molecule has 10 aromatic rings. The summed E-state index contributed by atoms with van der Waals surface area (Å²) in [6.45, 7) is 15.6. The first-order valence-electron chi connectivity index (χ1n) is 18.8. The summed E-state index contributed by atoms with van der Waals surface area (Å²) >= 11 is 0. The largest absolute Gasteiger partial charge is 0.309 e. The SMILES string of the molecule is [C-]#[N+]c1ccc2c(c1)c1cc([N+]#[C-])ccc1n2-c1cc(C#N)c(-n2c3ccc(C#N)cc3c3cc(C#N)ccc32)cc1-c1nc(-c2ccccc2)cc(-c2ccccc2)n1. The van der Waals surface area contributed by atoms with Crippen molar-refractivity contribution in [2.75, 3.05) is 0 Å². The number of benzene rings is 7. The highest BCUT2D eigenvalue weighted by Gasteiger charge is 2.24. The van der Waals surface area contributed by atoms with Crippen molar-refractivity contribution >= 4 is 55.0 Å². The van der Waals surface area contributed by atoms with Gasteiger partial charge in [0.25, 0.3) is 0 Å². The monoisotopic (exact) mass is 763 g/mol. The van der Waals surface area contributed by atoms with E-state index in [2.05, 4.69) is 32.5 Å². The maximum Gasteiger partial charge on any atom is 0.188 e. The zero-order valence-electron chi connectivity index (χ0n) is 31.5. The van der Waals surface area contributed by atoms with Gasteiger partial charge in [0.1, 0.15) is 6.07 Å². The van der Waals surface area contributed by atoms with Gasteiger partial charge in [0.2, 0.25) is 0 Å². The standard InChI is InChI=1S/C51H25N9/c1-55-36-15-19-47-40(24-36)41-25-37(56-2)16-20-48(41)60(47)50-23-35(30-54)49(59-45-17-13-31(28-52)21-38(45)39-22-32(29-53)14-18-46(39)59)26-42(50)51-57-43(33-9-5-3-6-10-33)27-44(58-51)34-11-7-4-8-12-34/h3-27H. The highest BCUT2D eigenvalue weighted by atomic mass is 15.0. The zero-order chi connectivity index (χ0) is 40.9. The molecule has 0 fully saturated rings. The summed E-state index contributed by atoms with van der Waals surface area (Å²) in [5.41, 5.74) is 10.2. The lowest BCUT2D eigenvalue weighted by atomic mass is 10.0. The second kappa shape index (κ2) is 14.0. The molecular formula is C51H25N9. The molecule has 3 heterocycles. The fraction of sp³-hybridized carbons (Fsp3) is 0. The molecule has 0 aliphatic heterocycles. The third-order valence-electron chi connectivity index (χ3n) is 10.8. The summed E-state index contributed by atoms with van der Waals surface area (Å²) in [5.74, 6) is 0.404. The Kier molecular flexibility index (Phi) is 8.19. The molecule has 0 aliphatic carbocycles. The molecule has 9 nitrogen and oxygen atoms in total. The van der Waals surface area contributed by atoms with Crippen molar-refractivity contribution < 1.29 is 0 Å².